The average Bonchev–Trinajstić information content (AvgIpc) is 2.67. The van der Waals surface area contributed by atoms with Crippen LogP contribution in [0.25, 0.3) is 11.0 Å². The van der Waals surface area contributed by atoms with E-state index in [2.05, 4.69) is 9.88 Å². The molecular weight excluding hydrogens is 233 g/mol. The van der Waals surface area contributed by atoms with Gasteiger partial charge < -0.3 is 9.88 Å². The highest BCUT2D eigenvalue weighted by Gasteiger charge is 2.22. The van der Waals surface area contributed by atoms with E-state index >= 15 is 0 Å². The molecule has 3 rings (SSSR count). The molecule has 1 unspecified atom stereocenters. The number of imidazole rings is 1. The highest BCUT2D eigenvalue weighted by Crippen LogP contribution is 2.23. The Balaban J connectivity index is 2.14. The Kier molecular flexibility index (Phi) is 2.70. The third-order valence-corrected chi connectivity index (χ3v) is 3.67. The Hall–Kier alpha value is -1.62. The summed E-state index contributed by atoms with van der Waals surface area (Å²) in [5, 5.41) is 0. The molecule has 18 heavy (non-hydrogen) atoms. The van der Waals surface area contributed by atoms with Crippen LogP contribution in [0.4, 0.5) is 4.39 Å². The normalized spacial score (nSPS) is 21.6. The van der Waals surface area contributed by atoms with Crippen molar-refractivity contribution in [1.29, 1.82) is 0 Å². The zero-order valence-electron chi connectivity index (χ0n) is 10.3. The van der Waals surface area contributed by atoms with Crippen molar-refractivity contribution in [3.8, 4) is 0 Å². The molecule has 96 valence electrons. The average molecular weight is 249 g/mol. The van der Waals surface area contributed by atoms with E-state index in [1.165, 1.54) is 6.07 Å². The van der Waals surface area contributed by atoms with Crippen LogP contribution >= 0.6 is 0 Å². The van der Waals surface area contributed by atoms with Crippen molar-refractivity contribution < 1.29 is 4.39 Å². The van der Waals surface area contributed by atoms with E-state index in [9.17, 15) is 9.18 Å². The van der Waals surface area contributed by atoms with Gasteiger partial charge in [-0.15, -0.1) is 0 Å². The van der Waals surface area contributed by atoms with Crippen LogP contribution in [0.15, 0.2) is 23.0 Å². The second kappa shape index (κ2) is 4.24. The number of benzene rings is 1. The Morgan fingerprint density at radius 2 is 2.28 bits per heavy atom. The third-order valence-electron chi connectivity index (χ3n) is 3.67. The molecule has 0 bridgehead atoms. The molecule has 1 aliphatic heterocycles. The first-order valence-corrected chi connectivity index (χ1v) is 6.24. The number of para-hydroxylation sites is 1. The fourth-order valence-corrected chi connectivity index (χ4v) is 2.83. The number of rotatable bonds is 1. The van der Waals surface area contributed by atoms with Crippen LogP contribution in [0.1, 0.15) is 18.9 Å². The fraction of sp³-hybridized carbons (Fsp3) is 0.462. The molecule has 0 spiro atoms. The lowest BCUT2D eigenvalue weighted by Crippen LogP contribution is -2.36. The highest BCUT2D eigenvalue weighted by molar-refractivity contribution is 5.75. The summed E-state index contributed by atoms with van der Waals surface area (Å²) in [6.45, 7) is 1.89. The van der Waals surface area contributed by atoms with Crippen molar-refractivity contribution in [2.24, 2.45) is 0 Å². The maximum atomic E-state index is 13.6. The molecule has 2 aromatic rings. The Morgan fingerprint density at radius 1 is 1.44 bits per heavy atom. The van der Waals surface area contributed by atoms with Crippen LogP contribution in [0, 0.1) is 5.82 Å². The number of hydrogen-bond acceptors (Lipinski definition) is 2. The molecule has 0 saturated carbocycles. The number of piperidine rings is 1. The van der Waals surface area contributed by atoms with E-state index in [1.807, 2.05) is 7.05 Å². The van der Waals surface area contributed by atoms with Gasteiger partial charge >= 0.3 is 5.69 Å². The maximum Gasteiger partial charge on any atom is 0.326 e. The summed E-state index contributed by atoms with van der Waals surface area (Å²) in [7, 11) is 2.05. The number of likely N-dealkylation sites (N-methyl/N-ethyl adjacent to an activating group) is 1. The highest BCUT2D eigenvalue weighted by atomic mass is 19.1. The van der Waals surface area contributed by atoms with Gasteiger partial charge in [0.2, 0.25) is 0 Å². The SMILES string of the molecule is CN1CCCC(n2c(=O)[nH]c3c(F)cccc32)C1. The number of aromatic amines is 1. The number of H-pyrrole nitrogens is 1. The Morgan fingerprint density at radius 3 is 3.06 bits per heavy atom. The molecule has 1 N–H and O–H groups in total. The van der Waals surface area contributed by atoms with Crippen molar-refractivity contribution in [3.63, 3.8) is 0 Å². The molecule has 1 aromatic heterocycles. The van der Waals surface area contributed by atoms with Gasteiger partial charge in [-0.3, -0.25) is 4.57 Å². The number of hydrogen-bond donors (Lipinski definition) is 1. The van der Waals surface area contributed by atoms with Gasteiger partial charge in [0.1, 0.15) is 11.3 Å². The quantitative estimate of drug-likeness (QED) is 0.836. The number of nitrogens with one attached hydrogen (secondary N) is 1. The van der Waals surface area contributed by atoms with E-state index in [0.717, 1.165) is 25.9 Å². The van der Waals surface area contributed by atoms with Gasteiger partial charge in [0.05, 0.1) is 11.6 Å². The van der Waals surface area contributed by atoms with E-state index in [1.54, 1.807) is 16.7 Å². The topological polar surface area (TPSA) is 41.0 Å². The summed E-state index contributed by atoms with van der Waals surface area (Å²) < 4.78 is 15.3. The predicted molar refractivity (Wildman–Crippen MR) is 68.3 cm³/mol. The number of aromatic nitrogens is 2. The van der Waals surface area contributed by atoms with E-state index < -0.39 is 0 Å². The van der Waals surface area contributed by atoms with E-state index in [4.69, 9.17) is 0 Å². The lowest BCUT2D eigenvalue weighted by atomic mass is 10.1. The first-order valence-electron chi connectivity index (χ1n) is 6.24. The standard InChI is InChI=1S/C13H16FN3O/c1-16-7-3-4-9(8-16)17-11-6-2-5-10(14)12(11)15-13(17)18/h2,5-6,9H,3-4,7-8H2,1H3,(H,15,18). The zero-order valence-corrected chi connectivity index (χ0v) is 10.3. The van der Waals surface area contributed by atoms with Crippen molar-refractivity contribution in [2.75, 3.05) is 20.1 Å². The molecule has 1 saturated heterocycles. The minimum Gasteiger partial charge on any atom is -0.304 e. The molecule has 0 aliphatic carbocycles. The minimum absolute atomic E-state index is 0.131. The molecular formula is C13H16FN3O. The number of halogens is 1. The largest absolute Gasteiger partial charge is 0.326 e. The molecule has 1 atom stereocenters. The smallest absolute Gasteiger partial charge is 0.304 e. The summed E-state index contributed by atoms with van der Waals surface area (Å²) in [6.07, 6.45) is 2.03. The molecule has 0 radical (unpaired) electrons. The maximum absolute atomic E-state index is 13.6. The van der Waals surface area contributed by atoms with Gasteiger partial charge in [0, 0.05) is 6.54 Å². The summed E-state index contributed by atoms with van der Waals surface area (Å²) in [4.78, 5) is 16.8. The number of fused-ring (bicyclic) bond motifs is 1. The summed E-state index contributed by atoms with van der Waals surface area (Å²) >= 11 is 0. The first-order chi connectivity index (χ1) is 8.66. The number of likely N-dealkylation sites (tertiary alicyclic amines) is 1. The van der Waals surface area contributed by atoms with Crippen molar-refractivity contribution in [2.45, 2.75) is 18.9 Å². The van der Waals surface area contributed by atoms with E-state index in [-0.39, 0.29) is 17.5 Å². The van der Waals surface area contributed by atoms with Crippen molar-refractivity contribution >= 4 is 11.0 Å². The Bertz CT molecular complexity index is 631. The van der Waals surface area contributed by atoms with Crippen molar-refractivity contribution in [3.05, 3.63) is 34.5 Å². The van der Waals surface area contributed by atoms with Gasteiger partial charge in [-0.25, -0.2) is 9.18 Å². The van der Waals surface area contributed by atoms with Gasteiger partial charge in [0.25, 0.3) is 0 Å². The van der Waals surface area contributed by atoms with Crippen LogP contribution in [-0.4, -0.2) is 34.6 Å². The number of nitrogens with zero attached hydrogens (tertiary/aromatic N) is 2. The molecule has 5 heteroatoms. The van der Waals surface area contributed by atoms with Crippen LogP contribution in [0.5, 0.6) is 0 Å². The fourth-order valence-electron chi connectivity index (χ4n) is 2.83. The third kappa shape index (κ3) is 1.75. The summed E-state index contributed by atoms with van der Waals surface area (Å²) in [5.74, 6) is -0.368. The van der Waals surface area contributed by atoms with Gasteiger partial charge in [0.15, 0.2) is 0 Å². The second-order valence-electron chi connectivity index (χ2n) is 4.99. The van der Waals surface area contributed by atoms with Gasteiger partial charge in [-0.2, -0.15) is 0 Å². The lowest BCUT2D eigenvalue weighted by molar-refractivity contribution is 0.212. The Labute approximate surface area is 104 Å². The van der Waals surface area contributed by atoms with Gasteiger partial charge in [-0.1, -0.05) is 6.07 Å². The lowest BCUT2D eigenvalue weighted by Gasteiger charge is -2.30. The molecule has 0 amide bonds. The molecule has 1 aliphatic rings. The zero-order chi connectivity index (χ0) is 12.7. The minimum atomic E-state index is -0.368. The van der Waals surface area contributed by atoms with Crippen LogP contribution in [0.2, 0.25) is 0 Å². The van der Waals surface area contributed by atoms with E-state index in [0.29, 0.717) is 11.0 Å². The first kappa shape index (κ1) is 11.5. The molecule has 4 nitrogen and oxygen atoms in total. The second-order valence-corrected chi connectivity index (χ2v) is 4.99. The molecule has 2 heterocycles. The molecule has 1 fully saturated rings. The predicted octanol–water partition coefficient (Wildman–Crippen LogP) is 1.74. The van der Waals surface area contributed by atoms with Gasteiger partial charge in [-0.05, 0) is 38.6 Å². The summed E-state index contributed by atoms with van der Waals surface area (Å²) in [6, 6.07) is 4.95. The monoisotopic (exact) mass is 249 g/mol. The van der Waals surface area contributed by atoms with Crippen LogP contribution < -0.4 is 5.69 Å². The summed E-state index contributed by atoms with van der Waals surface area (Å²) in [5.41, 5.74) is 0.770. The van der Waals surface area contributed by atoms with Crippen LogP contribution in [-0.2, 0) is 0 Å². The van der Waals surface area contributed by atoms with Crippen molar-refractivity contribution in [1.82, 2.24) is 14.5 Å². The molecule has 1 aromatic carbocycles. The van der Waals surface area contributed by atoms with Crippen LogP contribution in [0.3, 0.4) is 0 Å².